The van der Waals surface area contributed by atoms with Crippen molar-refractivity contribution in [2.24, 2.45) is 5.92 Å². The maximum atomic E-state index is 12.0. The van der Waals surface area contributed by atoms with Gasteiger partial charge in [0, 0.05) is 25.8 Å². The number of rotatable bonds is 5. The summed E-state index contributed by atoms with van der Waals surface area (Å²) < 4.78 is 15.5. The fourth-order valence-electron chi connectivity index (χ4n) is 2.23. The van der Waals surface area contributed by atoms with Gasteiger partial charge in [0.25, 0.3) is 5.79 Å². The van der Waals surface area contributed by atoms with Crippen LogP contribution in [0.3, 0.4) is 0 Å². The highest BCUT2D eigenvalue weighted by Crippen LogP contribution is 2.27. The first kappa shape index (κ1) is 19.3. The molecule has 1 aliphatic heterocycles. The van der Waals surface area contributed by atoms with E-state index in [-0.39, 0.29) is 6.42 Å². The van der Waals surface area contributed by atoms with Crippen LogP contribution >= 0.6 is 0 Å². The van der Waals surface area contributed by atoms with Crippen LogP contribution in [0.15, 0.2) is 0 Å². The van der Waals surface area contributed by atoms with Crippen molar-refractivity contribution < 1.29 is 28.6 Å². The van der Waals surface area contributed by atoms with Gasteiger partial charge >= 0.3 is 18.0 Å². The van der Waals surface area contributed by atoms with Crippen LogP contribution in [0.2, 0.25) is 0 Å². The van der Waals surface area contributed by atoms with E-state index in [2.05, 4.69) is 5.32 Å². The first-order valence-electron chi connectivity index (χ1n) is 7.88. The number of carbonyl (C=O) groups excluding carboxylic acids is 3. The molecule has 0 radical (unpaired) electrons. The van der Waals surface area contributed by atoms with Gasteiger partial charge in [0.05, 0.1) is 0 Å². The zero-order chi connectivity index (χ0) is 17.8. The van der Waals surface area contributed by atoms with Crippen molar-refractivity contribution in [2.75, 3.05) is 0 Å². The van der Waals surface area contributed by atoms with Gasteiger partial charge in [0.1, 0.15) is 6.10 Å². The Morgan fingerprint density at radius 3 is 2.22 bits per heavy atom. The van der Waals surface area contributed by atoms with E-state index in [4.69, 9.17) is 14.2 Å². The van der Waals surface area contributed by atoms with Gasteiger partial charge in [-0.3, -0.25) is 9.59 Å². The minimum Gasteiger partial charge on any atom is -0.446 e. The van der Waals surface area contributed by atoms with E-state index in [0.29, 0.717) is 6.42 Å². The van der Waals surface area contributed by atoms with E-state index >= 15 is 0 Å². The fourth-order valence-corrected chi connectivity index (χ4v) is 2.23. The lowest BCUT2D eigenvalue weighted by atomic mass is 9.98. The number of carbonyl (C=O) groups is 3. The van der Waals surface area contributed by atoms with Crippen molar-refractivity contribution in [3.05, 3.63) is 0 Å². The Balaban J connectivity index is 2.70. The van der Waals surface area contributed by atoms with Crippen molar-refractivity contribution in [3.63, 3.8) is 0 Å². The van der Waals surface area contributed by atoms with Crippen molar-refractivity contribution in [1.29, 1.82) is 0 Å². The van der Waals surface area contributed by atoms with Crippen LogP contribution in [-0.4, -0.2) is 35.5 Å². The molecular formula is C16H27NO6. The first-order valence-corrected chi connectivity index (χ1v) is 7.88. The van der Waals surface area contributed by atoms with E-state index < -0.39 is 41.4 Å². The zero-order valence-corrected chi connectivity index (χ0v) is 14.7. The lowest BCUT2D eigenvalue weighted by Gasteiger charge is -2.34. The van der Waals surface area contributed by atoms with E-state index in [1.165, 1.54) is 13.8 Å². The molecule has 1 amide bonds. The van der Waals surface area contributed by atoms with Gasteiger partial charge in [-0.25, -0.2) is 4.79 Å². The molecule has 0 spiro atoms. The highest BCUT2D eigenvalue weighted by atomic mass is 16.7. The Morgan fingerprint density at radius 1 is 1.26 bits per heavy atom. The molecule has 1 fully saturated rings. The summed E-state index contributed by atoms with van der Waals surface area (Å²) in [7, 11) is 0. The molecule has 132 valence electrons. The van der Waals surface area contributed by atoms with E-state index in [9.17, 15) is 14.4 Å². The number of amides is 1. The molecule has 0 unspecified atom stereocenters. The third kappa shape index (κ3) is 6.46. The molecule has 1 atom stereocenters. The number of ether oxygens (including phenoxy) is 3. The standard InChI is InChI=1S/C16H27NO6/c1-7-8-10(21-14(20)17-15(2,3)4)9-11-12(18)22-16(5,6)23-13(11)19/h10-11H,7-9H2,1-6H3,(H,17,20)/t10-/m0/s1. The van der Waals surface area contributed by atoms with E-state index in [1.807, 2.05) is 27.7 Å². The predicted molar refractivity (Wildman–Crippen MR) is 82.4 cm³/mol. The summed E-state index contributed by atoms with van der Waals surface area (Å²) in [4.78, 5) is 35.9. The summed E-state index contributed by atoms with van der Waals surface area (Å²) in [6.45, 7) is 10.4. The van der Waals surface area contributed by atoms with Crippen molar-refractivity contribution in [2.45, 2.75) is 78.2 Å². The molecular weight excluding hydrogens is 302 g/mol. The predicted octanol–water partition coefficient (Wildman–Crippen LogP) is 2.52. The quantitative estimate of drug-likeness (QED) is 0.615. The maximum absolute atomic E-state index is 12.0. The largest absolute Gasteiger partial charge is 0.446 e. The number of hydrogen-bond acceptors (Lipinski definition) is 6. The second-order valence-corrected chi connectivity index (χ2v) is 7.22. The average molecular weight is 329 g/mol. The van der Waals surface area contributed by atoms with Crippen LogP contribution in [0.1, 0.15) is 60.8 Å². The van der Waals surface area contributed by atoms with Gasteiger partial charge in [-0.05, 0) is 27.2 Å². The normalized spacial score (nSPS) is 19.6. The molecule has 0 saturated carbocycles. The van der Waals surface area contributed by atoms with E-state index in [1.54, 1.807) is 0 Å². The molecule has 1 N–H and O–H groups in total. The molecule has 7 heteroatoms. The zero-order valence-electron chi connectivity index (χ0n) is 14.7. The Labute approximate surface area is 137 Å². The molecule has 1 aliphatic rings. The van der Waals surface area contributed by atoms with Crippen molar-refractivity contribution in [3.8, 4) is 0 Å². The summed E-state index contributed by atoms with van der Waals surface area (Å²) in [6.07, 6.45) is 0.204. The summed E-state index contributed by atoms with van der Waals surface area (Å²) in [5.41, 5.74) is -0.430. The van der Waals surface area contributed by atoms with Gasteiger partial charge in [-0.15, -0.1) is 0 Å². The average Bonchev–Trinajstić information content (AvgIpc) is 2.30. The molecule has 0 aromatic rings. The highest BCUT2D eigenvalue weighted by Gasteiger charge is 2.44. The summed E-state index contributed by atoms with van der Waals surface area (Å²) in [6, 6.07) is 0. The van der Waals surface area contributed by atoms with Gasteiger partial charge < -0.3 is 19.5 Å². The number of hydrogen-bond donors (Lipinski definition) is 1. The number of alkyl carbamates (subject to hydrolysis) is 1. The van der Waals surface area contributed by atoms with Crippen LogP contribution in [-0.2, 0) is 23.8 Å². The molecule has 1 saturated heterocycles. The third-order valence-corrected chi connectivity index (χ3v) is 3.12. The number of esters is 2. The summed E-state index contributed by atoms with van der Waals surface area (Å²) in [5, 5.41) is 2.69. The van der Waals surface area contributed by atoms with Gasteiger partial charge in [-0.2, -0.15) is 0 Å². The molecule has 0 aromatic heterocycles. The van der Waals surface area contributed by atoms with Crippen molar-refractivity contribution in [1.82, 2.24) is 5.32 Å². The molecule has 1 heterocycles. The lowest BCUT2D eigenvalue weighted by Crippen LogP contribution is -2.48. The molecule has 0 aromatic carbocycles. The smallest absolute Gasteiger partial charge is 0.407 e. The summed E-state index contributed by atoms with van der Waals surface area (Å²) in [5.74, 6) is -3.61. The minimum absolute atomic E-state index is 0.0547. The van der Waals surface area contributed by atoms with E-state index in [0.717, 1.165) is 6.42 Å². The summed E-state index contributed by atoms with van der Waals surface area (Å²) >= 11 is 0. The van der Waals surface area contributed by atoms with Crippen LogP contribution < -0.4 is 5.32 Å². The van der Waals surface area contributed by atoms with Gasteiger partial charge in [0.15, 0.2) is 5.92 Å². The number of nitrogens with one attached hydrogen (secondary N) is 1. The SMILES string of the molecule is CCC[C@@H](CC1C(=O)OC(C)(C)OC1=O)OC(=O)NC(C)(C)C. The van der Waals surface area contributed by atoms with Crippen LogP contribution in [0.4, 0.5) is 4.79 Å². The Morgan fingerprint density at radius 2 is 1.78 bits per heavy atom. The molecule has 7 nitrogen and oxygen atoms in total. The molecule has 23 heavy (non-hydrogen) atoms. The molecule has 0 aliphatic carbocycles. The second kappa shape index (κ2) is 7.19. The fraction of sp³-hybridized carbons (Fsp3) is 0.812. The lowest BCUT2D eigenvalue weighted by molar-refractivity contribution is -0.241. The monoisotopic (exact) mass is 329 g/mol. The molecule has 1 rings (SSSR count). The van der Waals surface area contributed by atoms with Crippen molar-refractivity contribution >= 4 is 18.0 Å². The van der Waals surface area contributed by atoms with Crippen LogP contribution in [0, 0.1) is 5.92 Å². The van der Waals surface area contributed by atoms with Crippen LogP contribution in [0.5, 0.6) is 0 Å². The highest BCUT2D eigenvalue weighted by molar-refractivity contribution is 5.96. The Kier molecular flexibility index (Phi) is 6.02. The van der Waals surface area contributed by atoms with Gasteiger partial charge in [0.2, 0.25) is 0 Å². The second-order valence-electron chi connectivity index (χ2n) is 7.22. The topological polar surface area (TPSA) is 90.9 Å². The Bertz CT molecular complexity index is 446. The molecule has 0 bridgehead atoms. The Hall–Kier alpha value is -1.79. The van der Waals surface area contributed by atoms with Crippen LogP contribution in [0.25, 0.3) is 0 Å². The third-order valence-electron chi connectivity index (χ3n) is 3.12. The first-order chi connectivity index (χ1) is 10.4. The number of cyclic esters (lactones) is 2. The minimum atomic E-state index is -1.25. The van der Waals surface area contributed by atoms with Gasteiger partial charge in [-0.1, -0.05) is 13.3 Å². The maximum Gasteiger partial charge on any atom is 0.407 e.